The lowest BCUT2D eigenvalue weighted by atomic mass is 10.2. The first kappa shape index (κ1) is 13.1. The Morgan fingerprint density at radius 3 is 2.82 bits per heavy atom. The van der Waals surface area contributed by atoms with Crippen LogP contribution in [0.3, 0.4) is 0 Å². The summed E-state index contributed by atoms with van der Waals surface area (Å²) in [6, 6.07) is -0.298. The zero-order valence-electron chi connectivity index (χ0n) is 9.58. The van der Waals surface area contributed by atoms with Gasteiger partial charge in [-0.2, -0.15) is 4.98 Å². The first-order valence-corrected chi connectivity index (χ1v) is 5.04. The monoisotopic (exact) mass is 242 g/mol. The maximum Gasteiger partial charge on any atom is 0.372 e. The first-order valence-electron chi connectivity index (χ1n) is 5.04. The molecule has 0 aromatic carbocycles. The van der Waals surface area contributed by atoms with Gasteiger partial charge in [0.05, 0.1) is 24.7 Å². The molecule has 0 amide bonds. The maximum absolute atomic E-state index is 10.9. The van der Waals surface area contributed by atoms with E-state index in [0.717, 1.165) is 6.33 Å². The normalized spacial score (nSPS) is 11.9. The van der Waals surface area contributed by atoms with E-state index in [0.29, 0.717) is 6.42 Å². The van der Waals surface area contributed by atoms with Crippen LogP contribution in [-0.2, 0) is 0 Å². The SMILES string of the molecule is CCC(CO)Nc1ncnc(OC)c1[N+](=O)[O-]. The summed E-state index contributed by atoms with van der Waals surface area (Å²) >= 11 is 0. The van der Waals surface area contributed by atoms with Gasteiger partial charge in [-0.25, -0.2) is 4.98 Å². The number of aliphatic hydroxyl groups excluding tert-OH is 1. The second-order valence-corrected chi connectivity index (χ2v) is 3.27. The molecule has 0 saturated carbocycles. The number of nitrogens with zero attached hydrogens (tertiary/aromatic N) is 3. The molecule has 2 N–H and O–H groups in total. The number of nitrogens with one attached hydrogen (secondary N) is 1. The molecule has 8 nitrogen and oxygen atoms in total. The Hall–Kier alpha value is -1.96. The molecule has 0 radical (unpaired) electrons. The number of ether oxygens (including phenoxy) is 1. The van der Waals surface area contributed by atoms with Crippen LogP contribution in [0.2, 0.25) is 0 Å². The Labute approximate surface area is 97.8 Å². The lowest BCUT2D eigenvalue weighted by Gasteiger charge is -2.14. The van der Waals surface area contributed by atoms with E-state index in [4.69, 9.17) is 9.84 Å². The molecule has 0 fully saturated rings. The molecule has 0 saturated heterocycles. The van der Waals surface area contributed by atoms with Gasteiger partial charge < -0.3 is 15.2 Å². The number of anilines is 1. The van der Waals surface area contributed by atoms with Crippen molar-refractivity contribution in [2.45, 2.75) is 19.4 Å². The van der Waals surface area contributed by atoms with Gasteiger partial charge in [0.25, 0.3) is 5.88 Å². The molecular formula is C9H14N4O4. The molecule has 0 aliphatic heterocycles. The lowest BCUT2D eigenvalue weighted by Crippen LogP contribution is -2.24. The van der Waals surface area contributed by atoms with Crippen molar-refractivity contribution >= 4 is 11.5 Å². The quantitative estimate of drug-likeness (QED) is 0.554. The summed E-state index contributed by atoms with van der Waals surface area (Å²) in [6.07, 6.45) is 1.78. The largest absolute Gasteiger partial charge is 0.476 e. The van der Waals surface area contributed by atoms with E-state index in [9.17, 15) is 10.1 Å². The predicted molar refractivity (Wildman–Crippen MR) is 60.0 cm³/mol. The van der Waals surface area contributed by atoms with Gasteiger partial charge in [0.15, 0.2) is 0 Å². The number of rotatable bonds is 6. The highest BCUT2D eigenvalue weighted by atomic mass is 16.6. The summed E-state index contributed by atoms with van der Waals surface area (Å²) in [5.41, 5.74) is -0.332. The van der Waals surface area contributed by atoms with E-state index in [1.807, 2.05) is 6.92 Å². The molecule has 17 heavy (non-hydrogen) atoms. The molecule has 1 heterocycles. The molecule has 1 unspecified atom stereocenters. The fourth-order valence-corrected chi connectivity index (χ4v) is 1.25. The number of aliphatic hydroxyl groups is 1. The number of aromatic nitrogens is 2. The fraction of sp³-hybridized carbons (Fsp3) is 0.556. The Morgan fingerprint density at radius 1 is 1.65 bits per heavy atom. The van der Waals surface area contributed by atoms with Gasteiger partial charge in [-0.3, -0.25) is 10.1 Å². The van der Waals surface area contributed by atoms with Crippen molar-refractivity contribution in [3.05, 3.63) is 16.4 Å². The van der Waals surface area contributed by atoms with Crippen LogP contribution in [0, 0.1) is 10.1 Å². The minimum Gasteiger partial charge on any atom is -0.476 e. The summed E-state index contributed by atoms with van der Waals surface area (Å²) in [5, 5.41) is 22.7. The molecule has 1 rings (SSSR count). The topological polar surface area (TPSA) is 110 Å². The highest BCUT2D eigenvalue weighted by molar-refractivity contribution is 5.61. The number of hydrogen-bond donors (Lipinski definition) is 2. The van der Waals surface area contributed by atoms with E-state index in [-0.39, 0.29) is 30.0 Å². The van der Waals surface area contributed by atoms with Crippen molar-refractivity contribution < 1.29 is 14.8 Å². The zero-order chi connectivity index (χ0) is 12.8. The number of hydrogen-bond acceptors (Lipinski definition) is 7. The van der Waals surface area contributed by atoms with Gasteiger partial charge in [0.1, 0.15) is 6.33 Å². The molecule has 1 aromatic heterocycles. The fourth-order valence-electron chi connectivity index (χ4n) is 1.25. The zero-order valence-corrected chi connectivity index (χ0v) is 9.58. The van der Waals surface area contributed by atoms with Crippen molar-refractivity contribution in [3.63, 3.8) is 0 Å². The molecule has 8 heteroatoms. The van der Waals surface area contributed by atoms with Crippen LogP contribution < -0.4 is 10.1 Å². The van der Waals surface area contributed by atoms with Crippen LogP contribution >= 0.6 is 0 Å². The smallest absolute Gasteiger partial charge is 0.372 e. The second-order valence-electron chi connectivity index (χ2n) is 3.27. The molecule has 0 bridgehead atoms. The molecular weight excluding hydrogens is 228 g/mol. The molecule has 1 aromatic rings. The van der Waals surface area contributed by atoms with Gasteiger partial charge in [-0.05, 0) is 6.42 Å². The van der Waals surface area contributed by atoms with Crippen molar-refractivity contribution in [2.24, 2.45) is 0 Å². The maximum atomic E-state index is 10.9. The van der Waals surface area contributed by atoms with Gasteiger partial charge in [-0.15, -0.1) is 0 Å². The third-order valence-corrected chi connectivity index (χ3v) is 2.22. The summed E-state index contributed by atoms with van der Waals surface area (Å²) in [6.45, 7) is 1.71. The minimum absolute atomic E-state index is 0.0442. The summed E-state index contributed by atoms with van der Waals surface area (Å²) in [4.78, 5) is 17.7. The second kappa shape index (κ2) is 5.94. The average Bonchev–Trinajstić information content (AvgIpc) is 2.34. The van der Waals surface area contributed by atoms with E-state index in [1.165, 1.54) is 7.11 Å². The van der Waals surface area contributed by atoms with Crippen LogP contribution in [0.4, 0.5) is 11.5 Å². The Bertz CT molecular complexity index is 395. The third-order valence-electron chi connectivity index (χ3n) is 2.22. The highest BCUT2D eigenvalue weighted by Crippen LogP contribution is 2.30. The number of methoxy groups -OCH3 is 1. The van der Waals surface area contributed by atoms with Crippen LogP contribution in [0.15, 0.2) is 6.33 Å². The van der Waals surface area contributed by atoms with Gasteiger partial charge in [0.2, 0.25) is 5.82 Å². The summed E-state index contributed by atoms with van der Waals surface area (Å²) < 4.78 is 4.80. The van der Waals surface area contributed by atoms with E-state index < -0.39 is 4.92 Å². The van der Waals surface area contributed by atoms with E-state index in [2.05, 4.69) is 15.3 Å². The Balaban J connectivity index is 3.09. The van der Waals surface area contributed by atoms with Crippen LogP contribution in [0.25, 0.3) is 0 Å². The Kier molecular flexibility index (Phi) is 4.58. The average molecular weight is 242 g/mol. The minimum atomic E-state index is -0.620. The molecule has 0 spiro atoms. The lowest BCUT2D eigenvalue weighted by molar-refractivity contribution is -0.385. The van der Waals surface area contributed by atoms with E-state index >= 15 is 0 Å². The molecule has 94 valence electrons. The van der Waals surface area contributed by atoms with Gasteiger partial charge in [0, 0.05) is 0 Å². The van der Waals surface area contributed by atoms with Crippen molar-refractivity contribution in [1.82, 2.24) is 9.97 Å². The summed E-state index contributed by atoms with van der Waals surface area (Å²) in [7, 11) is 1.29. The van der Waals surface area contributed by atoms with Crippen molar-refractivity contribution in [1.29, 1.82) is 0 Å². The van der Waals surface area contributed by atoms with Gasteiger partial charge >= 0.3 is 5.69 Å². The van der Waals surface area contributed by atoms with Crippen LogP contribution in [0.5, 0.6) is 5.88 Å². The highest BCUT2D eigenvalue weighted by Gasteiger charge is 2.24. The third kappa shape index (κ3) is 3.00. The van der Waals surface area contributed by atoms with Crippen molar-refractivity contribution in [3.8, 4) is 5.88 Å². The van der Waals surface area contributed by atoms with Crippen molar-refractivity contribution in [2.75, 3.05) is 19.0 Å². The predicted octanol–water partition coefficient (Wildman–Crippen LogP) is 0.576. The Morgan fingerprint density at radius 2 is 2.35 bits per heavy atom. The molecule has 1 atom stereocenters. The summed E-state index contributed by atoms with van der Waals surface area (Å²) in [5.74, 6) is -0.0666. The van der Waals surface area contributed by atoms with Crippen LogP contribution in [-0.4, -0.2) is 39.8 Å². The van der Waals surface area contributed by atoms with Crippen LogP contribution in [0.1, 0.15) is 13.3 Å². The molecule has 0 aliphatic rings. The molecule has 0 aliphatic carbocycles. The number of nitro groups is 1. The standard InChI is InChI=1S/C9H14N4O4/c1-3-6(4-14)12-8-7(13(15)16)9(17-2)11-5-10-8/h5-6,14H,3-4H2,1-2H3,(H,10,11,12). The first-order chi connectivity index (χ1) is 8.13. The van der Waals surface area contributed by atoms with E-state index in [1.54, 1.807) is 0 Å². The van der Waals surface area contributed by atoms with Gasteiger partial charge in [-0.1, -0.05) is 6.92 Å².